The molecule has 9 aromatic carbocycles. The van der Waals surface area contributed by atoms with Crippen LogP contribution in [0.1, 0.15) is 47.2 Å². The van der Waals surface area contributed by atoms with Gasteiger partial charge in [-0.2, -0.15) is 0 Å². The van der Waals surface area contributed by atoms with E-state index in [4.69, 9.17) is 0 Å². The van der Waals surface area contributed by atoms with E-state index in [-0.39, 0.29) is 5.41 Å². The maximum atomic E-state index is 3.89. The zero-order chi connectivity index (χ0) is 39.7. The molecule has 0 saturated heterocycles. The summed E-state index contributed by atoms with van der Waals surface area (Å²) >= 11 is 0. The molecule has 10 aromatic rings. The molecule has 1 atom stereocenters. The number of aromatic nitrogens is 1. The maximum Gasteiger partial charge on any atom is 0.0727 e. The lowest BCUT2D eigenvalue weighted by molar-refractivity contribution is 0.660. The number of hydrogen-bond donors (Lipinski definition) is 1. The van der Waals surface area contributed by atoms with E-state index in [2.05, 4.69) is 224 Å². The van der Waals surface area contributed by atoms with Crippen molar-refractivity contribution in [1.82, 2.24) is 4.98 Å². The van der Waals surface area contributed by atoms with Crippen molar-refractivity contribution in [2.75, 3.05) is 4.90 Å². The van der Waals surface area contributed by atoms with Crippen molar-refractivity contribution in [3.63, 3.8) is 0 Å². The van der Waals surface area contributed by atoms with E-state index in [1.807, 2.05) is 0 Å². The molecule has 13 rings (SSSR count). The monoisotopic (exact) mass is 764 g/mol. The third-order valence-corrected chi connectivity index (χ3v) is 14.0. The molecule has 3 aliphatic carbocycles. The highest BCUT2D eigenvalue weighted by Gasteiger charge is 2.53. The summed E-state index contributed by atoms with van der Waals surface area (Å²) in [7, 11) is 0. The van der Waals surface area contributed by atoms with Gasteiger partial charge in [0.05, 0.1) is 16.6 Å². The van der Waals surface area contributed by atoms with E-state index in [1.165, 1.54) is 105 Å². The average Bonchev–Trinajstić information content (AvgIpc) is 3.99. The Balaban J connectivity index is 1.09. The highest BCUT2D eigenvalue weighted by atomic mass is 15.1. The summed E-state index contributed by atoms with van der Waals surface area (Å²) in [6, 6.07) is 74.8. The Bertz CT molecular complexity index is 3400. The SMILES string of the molecule is CC1(C)c2ccccc2-c2ccc(N(c3ccc(-c4ccccc4)cc3)c3cccc4c3-c3ccccc3C43c4ccccc4-c4c3ccc3c4[nH]c4ccccc43)cc21. The van der Waals surface area contributed by atoms with Gasteiger partial charge in [0.25, 0.3) is 0 Å². The van der Waals surface area contributed by atoms with Crippen molar-refractivity contribution in [2.24, 2.45) is 0 Å². The van der Waals surface area contributed by atoms with E-state index in [1.54, 1.807) is 0 Å². The second-order valence-corrected chi connectivity index (χ2v) is 17.3. The first-order valence-electron chi connectivity index (χ1n) is 21.1. The number of fused-ring (bicyclic) bond motifs is 17. The predicted octanol–water partition coefficient (Wildman–Crippen LogP) is 15.1. The number of nitrogens with one attached hydrogen (secondary N) is 1. The van der Waals surface area contributed by atoms with Crippen LogP contribution in [0.3, 0.4) is 0 Å². The number of para-hydroxylation sites is 1. The largest absolute Gasteiger partial charge is 0.354 e. The third kappa shape index (κ3) is 4.27. The van der Waals surface area contributed by atoms with E-state index < -0.39 is 5.41 Å². The third-order valence-electron chi connectivity index (χ3n) is 14.0. The minimum Gasteiger partial charge on any atom is -0.354 e. The molecule has 1 spiro atoms. The van der Waals surface area contributed by atoms with Crippen LogP contribution in [0.15, 0.2) is 200 Å². The second-order valence-electron chi connectivity index (χ2n) is 17.3. The Morgan fingerprint density at radius 1 is 0.383 bits per heavy atom. The van der Waals surface area contributed by atoms with Crippen LogP contribution in [0.4, 0.5) is 17.1 Å². The van der Waals surface area contributed by atoms with Gasteiger partial charge < -0.3 is 9.88 Å². The molecule has 2 nitrogen and oxygen atoms in total. The fraction of sp³-hybridized carbons (Fsp3) is 0.0690. The van der Waals surface area contributed by atoms with Crippen LogP contribution in [0.25, 0.3) is 66.3 Å². The van der Waals surface area contributed by atoms with Gasteiger partial charge in [-0.1, -0.05) is 178 Å². The summed E-state index contributed by atoms with van der Waals surface area (Å²) in [6.45, 7) is 4.75. The summed E-state index contributed by atoms with van der Waals surface area (Å²) in [5.74, 6) is 0. The molecule has 1 heterocycles. The van der Waals surface area contributed by atoms with Crippen LogP contribution in [-0.4, -0.2) is 4.98 Å². The quantitative estimate of drug-likeness (QED) is 0.189. The molecule has 1 unspecified atom stereocenters. The molecule has 0 amide bonds. The number of nitrogens with zero attached hydrogens (tertiary/aromatic N) is 1. The first-order valence-corrected chi connectivity index (χ1v) is 21.1. The number of hydrogen-bond acceptors (Lipinski definition) is 1. The maximum absolute atomic E-state index is 3.89. The van der Waals surface area contributed by atoms with Crippen LogP contribution in [0.2, 0.25) is 0 Å². The van der Waals surface area contributed by atoms with Crippen molar-refractivity contribution in [3.05, 3.63) is 234 Å². The number of aromatic amines is 1. The molecular formula is C58H40N2. The topological polar surface area (TPSA) is 19.0 Å². The molecule has 2 heteroatoms. The Labute approximate surface area is 350 Å². The number of anilines is 3. The van der Waals surface area contributed by atoms with E-state index in [0.717, 1.165) is 11.4 Å². The number of H-pyrrole nitrogens is 1. The first kappa shape index (κ1) is 33.5. The molecular weight excluding hydrogens is 725 g/mol. The summed E-state index contributed by atoms with van der Waals surface area (Å²) in [4.78, 5) is 6.41. The van der Waals surface area contributed by atoms with Crippen molar-refractivity contribution in [1.29, 1.82) is 0 Å². The van der Waals surface area contributed by atoms with Gasteiger partial charge in [0.15, 0.2) is 0 Å². The fourth-order valence-electron chi connectivity index (χ4n) is 11.5. The van der Waals surface area contributed by atoms with Gasteiger partial charge in [-0.25, -0.2) is 0 Å². The number of rotatable bonds is 4. The van der Waals surface area contributed by atoms with E-state index in [0.29, 0.717) is 0 Å². The van der Waals surface area contributed by atoms with Gasteiger partial charge in [0.2, 0.25) is 0 Å². The second kappa shape index (κ2) is 12.1. The standard InChI is InChI=1S/C58H40N2/c1-57(2)46-21-10-6-17-40(46)41-32-31-39(35-51(41)57)60(38-29-27-37(28-30-38)36-15-4-3-5-16-36)53-26-14-24-49-54(53)44-19-7-11-22-47(44)58(49)48-23-12-8-20-45(48)55-50(58)34-33-43-42-18-9-13-25-52(42)59-56(43)55/h3-35,59H,1-2H3. The van der Waals surface area contributed by atoms with Gasteiger partial charge in [-0.3, -0.25) is 0 Å². The van der Waals surface area contributed by atoms with Crippen LogP contribution in [0.5, 0.6) is 0 Å². The summed E-state index contributed by atoms with van der Waals surface area (Å²) in [5.41, 5.74) is 23.5. The van der Waals surface area contributed by atoms with Gasteiger partial charge in [-0.15, -0.1) is 0 Å². The Morgan fingerprint density at radius 3 is 1.75 bits per heavy atom. The predicted molar refractivity (Wildman–Crippen MR) is 250 cm³/mol. The summed E-state index contributed by atoms with van der Waals surface area (Å²) in [6.07, 6.45) is 0. The first-order chi connectivity index (χ1) is 29.5. The van der Waals surface area contributed by atoms with Crippen LogP contribution < -0.4 is 4.90 Å². The number of benzene rings is 9. The van der Waals surface area contributed by atoms with Gasteiger partial charge in [0.1, 0.15) is 0 Å². The Kier molecular flexibility index (Phi) is 6.74. The molecule has 1 aromatic heterocycles. The molecule has 60 heavy (non-hydrogen) atoms. The van der Waals surface area contributed by atoms with Crippen LogP contribution >= 0.6 is 0 Å². The molecule has 1 N–H and O–H groups in total. The highest BCUT2D eigenvalue weighted by Crippen LogP contribution is 2.66. The van der Waals surface area contributed by atoms with Gasteiger partial charge in [-0.05, 0) is 103 Å². The molecule has 0 aliphatic heterocycles. The van der Waals surface area contributed by atoms with Gasteiger partial charge in [0, 0.05) is 44.2 Å². The molecule has 0 fully saturated rings. The summed E-state index contributed by atoms with van der Waals surface area (Å²) < 4.78 is 0. The lowest BCUT2D eigenvalue weighted by atomic mass is 9.70. The van der Waals surface area contributed by atoms with Crippen molar-refractivity contribution < 1.29 is 0 Å². The highest BCUT2D eigenvalue weighted by molar-refractivity contribution is 6.15. The van der Waals surface area contributed by atoms with Crippen molar-refractivity contribution in [3.8, 4) is 44.5 Å². The minimum absolute atomic E-state index is 0.134. The van der Waals surface area contributed by atoms with Crippen LogP contribution in [0, 0.1) is 0 Å². The zero-order valence-corrected chi connectivity index (χ0v) is 33.5. The Hall–Kier alpha value is -7.42. The lowest BCUT2D eigenvalue weighted by Gasteiger charge is -2.32. The molecule has 0 bridgehead atoms. The van der Waals surface area contributed by atoms with Gasteiger partial charge >= 0.3 is 0 Å². The molecule has 0 saturated carbocycles. The van der Waals surface area contributed by atoms with E-state index >= 15 is 0 Å². The van der Waals surface area contributed by atoms with Crippen molar-refractivity contribution >= 4 is 38.9 Å². The Morgan fingerprint density at radius 2 is 0.967 bits per heavy atom. The lowest BCUT2D eigenvalue weighted by Crippen LogP contribution is -2.26. The zero-order valence-electron chi connectivity index (χ0n) is 33.5. The van der Waals surface area contributed by atoms with E-state index in [9.17, 15) is 0 Å². The summed E-state index contributed by atoms with van der Waals surface area (Å²) in [5, 5.41) is 2.53. The minimum atomic E-state index is -0.496. The molecule has 282 valence electrons. The average molecular weight is 765 g/mol. The normalized spacial score (nSPS) is 16.0. The fourth-order valence-corrected chi connectivity index (χ4v) is 11.5. The molecule has 0 radical (unpaired) electrons. The smallest absolute Gasteiger partial charge is 0.0727 e. The van der Waals surface area contributed by atoms with Crippen molar-refractivity contribution in [2.45, 2.75) is 24.7 Å². The molecule has 3 aliphatic rings. The van der Waals surface area contributed by atoms with Crippen LogP contribution in [-0.2, 0) is 10.8 Å².